The maximum Gasteiger partial charge on any atom is 0.343 e. The van der Waals surface area contributed by atoms with Crippen molar-refractivity contribution in [1.82, 2.24) is 0 Å². The third-order valence-corrected chi connectivity index (χ3v) is 5.10. The van der Waals surface area contributed by atoms with E-state index < -0.39 is 5.97 Å². The van der Waals surface area contributed by atoms with E-state index >= 15 is 0 Å². The van der Waals surface area contributed by atoms with Crippen LogP contribution >= 0.6 is 0 Å². The Kier molecular flexibility index (Phi) is 5.54. The van der Waals surface area contributed by atoms with Crippen molar-refractivity contribution in [3.8, 4) is 5.75 Å². The van der Waals surface area contributed by atoms with Gasteiger partial charge in [0.25, 0.3) is 0 Å². The molecular weight excluding hydrogens is 384 g/mol. The van der Waals surface area contributed by atoms with Crippen molar-refractivity contribution in [1.29, 1.82) is 0 Å². The fraction of sp³-hybridized carbons (Fsp3) is 0. The second-order valence-electron chi connectivity index (χ2n) is 7.12. The summed E-state index contributed by atoms with van der Waals surface area (Å²) in [5, 5.41) is 1.83. The third kappa shape index (κ3) is 4.19. The van der Waals surface area contributed by atoms with Crippen LogP contribution in [0.15, 0.2) is 91.5 Å². The molecule has 0 heterocycles. The highest BCUT2D eigenvalue weighted by molar-refractivity contribution is 6.19. The van der Waals surface area contributed by atoms with Crippen LogP contribution in [-0.2, 0) is 4.79 Å². The zero-order valence-electron chi connectivity index (χ0n) is 16.9. The number of nitrogens with two attached hydrogens (primary N) is 2. The molecule has 0 radical (unpaired) electrons. The lowest BCUT2D eigenvalue weighted by atomic mass is 10.00. The first-order chi connectivity index (χ1) is 15.0. The summed E-state index contributed by atoms with van der Waals surface area (Å²) in [6, 6.07) is 26.7. The number of hydrogen-bond acceptors (Lipinski definition) is 4. The Labute approximate surface area is 181 Å². The number of esters is 1. The number of carbonyl (C=O) groups is 1. The van der Waals surface area contributed by atoms with Crippen LogP contribution in [0, 0.1) is 0 Å². The van der Waals surface area contributed by atoms with Crippen molar-refractivity contribution in [3.05, 3.63) is 108 Å². The maximum atomic E-state index is 12.8. The molecule has 0 aromatic heterocycles. The Hall–Kier alpha value is -4.31. The van der Waals surface area contributed by atoms with Gasteiger partial charge in [-0.05, 0) is 22.6 Å². The molecule has 4 aromatic carbocycles. The number of benzene rings is 4. The topological polar surface area (TPSA) is 78.3 Å². The van der Waals surface area contributed by atoms with Gasteiger partial charge in [0.2, 0.25) is 0 Å². The lowest BCUT2D eigenvalue weighted by Crippen LogP contribution is -2.12. The van der Waals surface area contributed by atoms with E-state index in [0.29, 0.717) is 22.7 Å². The minimum atomic E-state index is -0.574. The molecule has 0 aliphatic rings. The van der Waals surface area contributed by atoms with E-state index in [2.05, 4.69) is 6.58 Å². The maximum absolute atomic E-state index is 12.8. The first-order valence-corrected chi connectivity index (χ1v) is 9.85. The van der Waals surface area contributed by atoms with Crippen molar-refractivity contribution in [3.63, 3.8) is 0 Å². The zero-order chi connectivity index (χ0) is 21.8. The van der Waals surface area contributed by atoms with Crippen LogP contribution < -0.4 is 16.2 Å². The Morgan fingerprint density at radius 2 is 1.48 bits per heavy atom. The van der Waals surface area contributed by atoms with Crippen LogP contribution in [0.2, 0.25) is 0 Å². The molecule has 152 valence electrons. The molecule has 0 amide bonds. The number of hydrogen-bond donors (Lipinski definition) is 2. The normalized spacial score (nSPS) is 11.0. The van der Waals surface area contributed by atoms with Crippen LogP contribution in [-0.4, -0.2) is 5.97 Å². The van der Waals surface area contributed by atoms with Gasteiger partial charge in [-0.15, -0.1) is 0 Å². The van der Waals surface area contributed by atoms with Crippen molar-refractivity contribution >= 4 is 45.8 Å². The van der Waals surface area contributed by atoms with Crippen molar-refractivity contribution in [2.45, 2.75) is 0 Å². The van der Waals surface area contributed by atoms with E-state index in [0.717, 1.165) is 21.9 Å². The summed E-state index contributed by atoms with van der Waals surface area (Å²) in [5.41, 5.74) is 15.6. The van der Waals surface area contributed by atoms with Gasteiger partial charge in [-0.3, -0.25) is 0 Å². The van der Waals surface area contributed by atoms with Crippen molar-refractivity contribution in [2.75, 3.05) is 11.5 Å². The Balaban J connectivity index is 1.57. The van der Waals surface area contributed by atoms with E-state index in [1.807, 2.05) is 84.9 Å². The lowest BCUT2D eigenvalue weighted by Gasteiger charge is -2.13. The predicted octanol–water partition coefficient (Wildman–Crippen LogP) is 5.79. The Morgan fingerprint density at radius 3 is 2.29 bits per heavy atom. The highest BCUT2D eigenvalue weighted by Gasteiger charge is 2.18. The largest absolute Gasteiger partial charge is 0.422 e. The number of ether oxygens (including phenoxy) is 1. The van der Waals surface area contributed by atoms with Gasteiger partial charge in [-0.2, -0.15) is 0 Å². The summed E-state index contributed by atoms with van der Waals surface area (Å²) in [7, 11) is 0. The molecule has 4 rings (SSSR count). The molecule has 0 unspecified atom stereocenters. The molecule has 0 saturated heterocycles. The number of carbonyl (C=O) groups excluding carboxylic acids is 1. The average Bonchev–Trinajstić information content (AvgIpc) is 2.80. The average molecular weight is 406 g/mol. The molecule has 4 aromatic rings. The molecule has 4 nitrogen and oxygen atoms in total. The van der Waals surface area contributed by atoms with E-state index in [4.69, 9.17) is 16.2 Å². The molecule has 31 heavy (non-hydrogen) atoms. The highest BCUT2D eigenvalue weighted by Crippen LogP contribution is 2.32. The summed E-state index contributed by atoms with van der Waals surface area (Å²) in [6.07, 6.45) is 3.84. The van der Waals surface area contributed by atoms with Gasteiger partial charge in [0, 0.05) is 10.9 Å². The number of rotatable bonds is 5. The summed E-state index contributed by atoms with van der Waals surface area (Å²) in [6.45, 7) is 3.90. The van der Waals surface area contributed by atoms with Gasteiger partial charge >= 0.3 is 5.97 Å². The molecule has 0 spiro atoms. The van der Waals surface area contributed by atoms with Gasteiger partial charge in [0.1, 0.15) is 5.75 Å². The molecule has 4 heteroatoms. The monoisotopic (exact) mass is 406 g/mol. The molecule has 0 saturated carbocycles. The Morgan fingerprint density at radius 1 is 0.774 bits per heavy atom. The standard InChI is InChI=1S/C27H22N2O2/c1-18(27(30)31-24-13-7-11-20-10-5-6-12-23(20)24)22-17-16-21(25(28)26(22)29)15-14-19-8-3-2-4-9-19/h2-17H,1,28-29H2. The van der Waals surface area contributed by atoms with Crippen LogP contribution in [0.3, 0.4) is 0 Å². The van der Waals surface area contributed by atoms with Gasteiger partial charge < -0.3 is 16.2 Å². The molecule has 0 aliphatic carbocycles. The van der Waals surface area contributed by atoms with Gasteiger partial charge in [0.05, 0.1) is 16.9 Å². The minimum Gasteiger partial charge on any atom is -0.422 e. The highest BCUT2D eigenvalue weighted by atomic mass is 16.5. The van der Waals surface area contributed by atoms with Gasteiger partial charge in [0.15, 0.2) is 0 Å². The van der Waals surface area contributed by atoms with E-state index in [1.54, 1.807) is 12.1 Å². The van der Waals surface area contributed by atoms with E-state index in [1.165, 1.54) is 0 Å². The number of anilines is 2. The summed E-state index contributed by atoms with van der Waals surface area (Å²) >= 11 is 0. The fourth-order valence-electron chi connectivity index (χ4n) is 3.37. The van der Waals surface area contributed by atoms with Crippen molar-refractivity contribution in [2.24, 2.45) is 0 Å². The molecule has 0 fully saturated rings. The second-order valence-corrected chi connectivity index (χ2v) is 7.12. The predicted molar refractivity (Wildman–Crippen MR) is 129 cm³/mol. The summed E-state index contributed by atoms with van der Waals surface area (Å²) in [4.78, 5) is 12.8. The number of fused-ring (bicyclic) bond motifs is 1. The van der Waals surface area contributed by atoms with E-state index in [9.17, 15) is 4.79 Å². The Bertz CT molecular complexity index is 1300. The first-order valence-electron chi connectivity index (χ1n) is 9.85. The first kappa shape index (κ1) is 20.0. The molecule has 0 aliphatic heterocycles. The second kappa shape index (κ2) is 8.59. The van der Waals surface area contributed by atoms with Crippen LogP contribution in [0.1, 0.15) is 16.7 Å². The SMILES string of the molecule is C=C(C(=O)Oc1cccc2ccccc12)c1ccc(C=Cc2ccccc2)c(N)c1N. The molecular formula is C27H22N2O2. The van der Waals surface area contributed by atoms with Crippen LogP contribution in [0.5, 0.6) is 5.75 Å². The molecule has 0 atom stereocenters. The smallest absolute Gasteiger partial charge is 0.343 e. The number of nitrogen functional groups attached to an aromatic ring is 2. The lowest BCUT2D eigenvalue weighted by molar-refractivity contribution is -0.127. The van der Waals surface area contributed by atoms with Gasteiger partial charge in [-0.25, -0.2) is 4.79 Å². The summed E-state index contributed by atoms with van der Waals surface area (Å²) < 4.78 is 5.63. The fourth-order valence-corrected chi connectivity index (χ4v) is 3.37. The third-order valence-electron chi connectivity index (χ3n) is 5.10. The molecule has 0 bridgehead atoms. The van der Waals surface area contributed by atoms with E-state index in [-0.39, 0.29) is 5.57 Å². The quantitative estimate of drug-likeness (QED) is 0.144. The van der Waals surface area contributed by atoms with Crippen LogP contribution in [0.25, 0.3) is 28.5 Å². The van der Waals surface area contributed by atoms with Crippen molar-refractivity contribution < 1.29 is 9.53 Å². The molecule has 4 N–H and O–H groups in total. The van der Waals surface area contributed by atoms with Crippen LogP contribution in [0.4, 0.5) is 11.4 Å². The summed E-state index contributed by atoms with van der Waals surface area (Å²) in [5.74, 6) is -0.103. The minimum absolute atomic E-state index is 0.149. The van der Waals surface area contributed by atoms with Gasteiger partial charge in [-0.1, -0.05) is 97.6 Å². The zero-order valence-corrected chi connectivity index (χ0v) is 16.9.